The summed E-state index contributed by atoms with van der Waals surface area (Å²) in [6, 6.07) is 8.72. The average Bonchev–Trinajstić information content (AvgIpc) is 3.54. The first-order valence-electron chi connectivity index (χ1n) is 12.9. The molecular weight excluding hydrogens is 552 g/mol. The Bertz CT molecular complexity index is 1310. The predicted molar refractivity (Wildman–Crippen MR) is 138 cm³/mol. The number of aromatic amines is 1. The summed E-state index contributed by atoms with van der Waals surface area (Å²) in [5.74, 6) is -0.490. The van der Waals surface area contributed by atoms with Gasteiger partial charge < -0.3 is 23.5 Å². The lowest BCUT2D eigenvalue weighted by Gasteiger charge is -2.29. The van der Waals surface area contributed by atoms with Crippen LogP contribution in [-0.2, 0) is 32.8 Å². The Labute approximate surface area is 229 Å². The van der Waals surface area contributed by atoms with E-state index in [-0.39, 0.29) is 12.2 Å². The number of hydrogen-bond acceptors (Lipinski definition) is 10. The minimum atomic E-state index is -4.21. The Hall–Kier alpha value is -2.87. The third kappa shape index (κ3) is 6.88. The van der Waals surface area contributed by atoms with Crippen molar-refractivity contribution < 1.29 is 41.7 Å². The van der Waals surface area contributed by atoms with Gasteiger partial charge in [0.15, 0.2) is 24.3 Å². The van der Waals surface area contributed by atoms with E-state index in [1.54, 1.807) is 30.3 Å². The molecule has 220 valence electrons. The lowest BCUT2D eigenvalue weighted by atomic mass is 9.98. The van der Waals surface area contributed by atoms with E-state index in [4.69, 9.17) is 28.0 Å². The van der Waals surface area contributed by atoms with Crippen molar-refractivity contribution in [1.29, 1.82) is 0 Å². The standard InChI is InChI=1S/C25H33FN3O10P/c1-4-17(22-34-13-14-35-22)28-40(33,39-16-9-7-6-8-10-16)36-15-18-21(38-20(31)5-2)25(3,26)23(37-18)29-12-11-19(30)27-24(29)32/h6-12,17-18,21-23H,4-5,13-15H2,1-3H3,(H,28,33)(H,27,30,32)/t17-,18+,21+,23+,25+,40?/m0/s1. The third-order valence-corrected chi connectivity index (χ3v) is 8.04. The maximum Gasteiger partial charge on any atom is 0.459 e. The van der Waals surface area contributed by atoms with Gasteiger partial charge in [-0.1, -0.05) is 32.0 Å². The maximum atomic E-state index is 16.2. The van der Waals surface area contributed by atoms with E-state index in [0.717, 1.165) is 23.8 Å². The second-order valence-corrected chi connectivity index (χ2v) is 11.1. The molecule has 1 unspecified atom stereocenters. The number of carbonyl (C=O) groups is 1. The van der Waals surface area contributed by atoms with E-state index in [9.17, 15) is 18.9 Å². The molecule has 0 amide bonds. The Kier molecular flexibility index (Phi) is 9.60. The smallest absolute Gasteiger partial charge is 0.456 e. The van der Waals surface area contributed by atoms with Crippen LogP contribution in [-0.4, -0.2) is 65.5 Å². The van der Waals surface area contributed by atoms with Gasteiger partial charge in [0.2, 0.25) is 0 Å². The summed E-state index contributed by atoms with van der Waals surface area (Å²) in [7, 11) is -4.21. The van der Waals surface area contributed by atoms with Crippen LogP contribution >= 0.6 is 7.75 Å². The zero-order chi connectivity index (χ0) is 28.9. The summed E-state index contributed by atoms with van der Waals surface area (Å²) >= 11 is 0. The molecule has 1 aromatic heterocycles. The van der Waals surface area contributed by atoms with Gasteiger partial charge in [-0.15, -0.1) is 0 Å². The number of hydrogen-bond donors (Lipinski definition) is 2. The number of nitrogens with one attached hydrogen (secondary N) is 2. The van der Waals surface area contributed by atoms with Gasteiger partial charge in [-0.25, -0.2) is 18.8 Å². The first-order valence-corrected chi connectivity index (χ1v) is 14.5. The van der Waals surface area contributed by atoms with Crippen LogP contribution in [0.4, 0.5) is 4.39 Å². The number of halogens is 1. The van der Waals surface area contributed by atoms with Crippen LogP contribution < -0.4 is 20.9 Å². The Morgan fingerprint density at radius 3 is 2.55 bits per heavy atom. The molecule has 4 rings (SSSR count). The number of alkyl halides is 1. The number of aromatic nitrogens is 2. The summed E-state index contributed by atoms with van der Waals surface area (Å²) < 4.78 is 64.9. The lowest BCUT2D eigenvalue weighted by molar-refractivity contribution is -0.157. The third-order valence-electron chi connectivity index (χ3n) is 6.45. The summed E-state index contributed by atoms with van der Waals surface area (Å²) in [5, 5.41) is 2.85. The zero-order valence-electron chi connectivity index (χ0n) is 22.3. The molecule has 2 N–H and O–H groups in total. The van der Waals surface area contributed by atoms with Crippen molar-refractivity contribution in [1.82, 2.24) is 14.6 Å². The molecule has 2 aliphatic rings. The highest BCUT2D eigenvalue weighted by Crippen LogP contribution is 2.48. The highest BCUT2D eigenvalue weighted by Gasteiger charge is 2.58. The summed E-state index contributed by atoms with van der Waals surface area (Å²) in [4.78, 5) is 38.2. The first kappa shape index (κ1) is 30.1. The summed E-state index contributed by atoms with van der Waals surface area (Å²) in [5.41, 5.74) is -4.05. The van der Waals surface area contributed by atoms with E-state index in [1.807, 2.05) is 11.9 Å². The number of para-hydroxylation sites is 1. The average molecular weight is 586 g/mol. The largest absolute Gasteiger partial charge is 0.459 e. The van der Waals surface area contributed by atoms with Crippen molar-refractivity contribution in [3.8, 4) is 5.75 Å². The van der Waals surface area contributed by atoms with Gasteiger partial charge in [0.05, 0.1) is 25.9 Å². The fourth-order valence-electron chi connectivity index (χ4n) is 4.40. The van der Waals surface area contributed by atoms with E-state index < -0.39 is 68.0 Å². The predicted octanol–water partition coefficient (Wildman–Crippen LogP) is 2.43. The molecule has 0 aliphatic carbocycles. The Morgan fingerprint density at radius 1 is 1.23 bits per heavy atom. The lowest BCUT2D eigenvalue weighted by Crippen LogP contribution is -2.46. The number of rotatable bonds is 12. The van der Waals surface area contributed by atoms with Crippen LogP contribution in [0.25, 0.3) is 0 Å². The normalized spacial score (nSPS) is 27.2. The molecule has 2 fully saturated rings. The van der Waals surface area contributed by atoms with Crippen LogP contribution in [0.15, 0.2) is 52.2 Å². The van der Waals surface area contributed by atoms with Crippen LogP contribution in [0.1, 0.15) is 39.8 Å². The molecule has 6 atom stereocenters. The number of nitrogens with zero attached hydrogens (tertiary/aromatic N) is 1. The molecule has 3 heterocycles. The number of esters is 1. The van der Waals surface area contributed by atoms with Crippen LogP contribution in [0.5, 0.6) is 5.75 Å². The van der Waals surface area contributed by atoms with E-state index in [0.29, 0.717) is 19.6 Å². The molecule has 2 aromatic rings. The molecule has 1 aromatic carbocycles. The number of benzene rings is 1. The maximum absolute atomic E-state index is 16.2. The molecule has 0 radical (unpaired) electrons. The first-order chi connectivity index (χ1) is 19.1. The fourth-order valence-corrected chi connectivity index (χ4v) is 6.04. The molecule has 40 heavy (non-hydrogen) atoms. The number of ether oxygens (including phenoxy) is 4. The van der Waals surface area contributed by atoms with Gasteiger partial charge in [-0.2, -0.15) is 0 Å². The van der Waals surface area contributed by atoms with Gasteiger partial charge in [-0.3, -0.25) is 23.7 Å². The van der Waals surface area contributed by atoms with Crippen LogP contribution in [0.2, 0.25) is 0 Å². The minimum Gasteiger partial charge on any atom is -0.456 e. The van der Waals surface area contributed by atoms with Crippen molar-refractivity contribution >= 4 is 13.7 Å². The highest BCUT2D eigenvalue weighted by atomic mass is 31.2. The van der Waals surface area contributed by atoms with Crippen molar-refractivity contribution in [2.24, 2.45) is 0 Å². The van der Waals surface area contributed by atoms with E-state index in [2.05, 4.69) is 5.09 Å². The van der Waals surface area contributed by atoms with Gasteiger partial charge in [0, 0.05) is 18.7 Å². The van der Waals surface area contributed by atoms with Gasteiger partial charge in [0.25, 0.3) is 5.56 Å². The molecular formula is C25H33FN3O10P. The van der Waals surface area contributed by atoms with Crippen LogP contribution in [0.3, 0.4) is 0 Å². The number of H-pyrrole nitrogens is 1. The fraction of sp³-hybridized carbons (Fsp3) is 0.560. The quantitative estimate of drug-likeness (QED) is 0.279. The van der Waals surface area contributed by atoms with Gasteiger partial charge in [-0.05, 0) is 25.5 Å². The second-order valence-electron chi connectivity index (χ2n) is 9.41. The van der Waals surface area contributed by atoms with Crippen LogP contribution in [0, 0.1) is 0 Å². The molecule has 2 saturated heterocycles. The molecule has 15 heteroatoms. The Balaban J connectivity index is 1.61. The topological polar surface area (TPSA) is 156 Å². The zero-order valence-corrected chi connectivity index (χ0v) is 23.2. The second kappa shape index (κ2) is 12.8. The summed E-state index contributed by atoms with van der Waals surface area (Å²) in [6.45, 7) is 4.64. The Morgan fingerprint density at radius 2 is 1.93 bits per heavy atom. The van der Waals surface area contributed by atoms with E-state index >= 15 is 4.39 Å². The summed E-state index contributed by atoms with van der Waals surface area (Å²) in [6.07, 6.45) is -3.73. The minimum absolute atomic E-state index is 0.0554. The molecule has 0 bridgehead atoms. The molecule has 2 aliphatic heterocycles. The van der Waals surface area contributed by atoms with Crippen molar-refractivity contribution in [2.45, 2.75) is 70.0 Å². The SMILES string of the molecule is CCC(=O)O[C@@H]1[C@@H](COP(=O)(N[C@@H](CC)C2OCCO2)Oc2ccccc2)O[C@@H](n2ccc(=O)[nH]c2=O)[C@]1(C)F. The van der Waals surface area contributed by atoms with Crippen molar-refractivity contribution in [3.05, 3.63) is 63.4 Å². The van der Waals surface area contributed by atoms with Crippen molar-refractivity contribution in [2.75, 3.05) is 19.8 Å². The van der Waals surface area contributed by atoms with Crippen molar-refractivity contribution in [3.63, 3.8) is 0 Å². The molecule has 0 spiro atoms. The number of carbonyl (C=O) groups excluding carboxylic acids is 1. The van der Waals surface area contributed by atoms with Gasteiger partial charge in [0.1, 0.15) is 11.9 Å². The molecule has 0 saturated carbocycles. The highest BCUT2D eigenvalue weighted by molar-refractivity contribution is 7.52. The molecule has 13 nitrogen and oxygen atoms in total. The monoisotopic (exact) mass is 585 g/mol. The van der Waals surface area contributed by atoms with Gasteiger partial charge >= 0.3 is 19.4 Å². The van der Waals surface area contributed by atoms with E-state index in [1.165, 1.54) is 6.92 Å².